The van der Waals surface area contributed by atoms with Crippen LogP contribution in [0, 0.1) is 0 Å². The summed E-state index contributed by atoms with van der Waals surface area (Å²) in [6.45, 7) is 5.74. The van der Waals surface area contributed by atoms with Gasteiger partial charge in [-0.3, -0.25) is 9.69 Å². The van der Waals surface area contributed by atoms with Gasteiger partial charge in [-0.05, 0) is 41.5 Å². The number of carbonyl (C=O) groups excluding carboxylic acids is 1. The van der Waals surface area contributed by atoms with E-state index in [9.17, 15) is 13.2 Å². The van der Waals surface area contributed by atoms with Crippen molar-refractivity contribution < 1.29 is 17.9 Å². The number of nitrogens with one attached hydrogen (secondary N) is 2. The topological polar surface area (TPSA) is 87.7 Å². The lowest BCUT2D eigenvalue weighted by Crippen LogP contribution is -2.38. The fourth-order valence-corrected chi connectivity index (χ4v) is 5.43. The first-order valence-electron chi connectivity index (χ1n) is 8.87. The number of likely N-dealkylation sites (N-methyl/N-ethyl adjacent to an activating group) is 1. The van der Waals surface area contributed by atoms with Crippen LogP contribution in [0.1, 0.15) is 25.5 Å². The van der Waals surface area contributed by atoms with Crippen LogP contribution in [0.25, 0.3) is 0 Å². The first-order chi connectivity index (χ1) is 13.4. The monoisotopic (exact) mass is 443 g/mol. The van der Waals surface area contributed by atoms with Crippen molar-refractivity contribution in [2.45, 2.75) is 24.8 Å². The maximum atomic E-state index is 12.9. The predicted octanol–water partition coefficient (Wildman–Crippen LogP) is 3.09. The summed E-state index contributed by atoms with van der Waals surface area (Å²) < 4.78 is 33.8. The fraction of sp³-hybridized carbons (Fsp3) is 0.389. The summed E-state index contributed by atoms with van der Waals surface area (Å²) in [7, 11) is -3.87. The van der Waals surface area contributed by atoms with Gasteiger partial charge in [-0.15, -0.1) is 0 Å². The molecule has 2 heterocycles. The standard InChI is InChI=1S/C18H22ClN3O4S2/c1-3-22(4-2)15(12-5-6-27-11-12)9-20-28(24,25)17-8-16-14(7-13(17)19)21-18(23)10-26-16/h5-8,11,15,20H,3-4,9-10H2,1-2H3,(H,21,23). The molecule has 1 atom stereocenters. The van der Waals surface area contributed by atoms with Crippen LogP contribution in [0.5, 0.6) is 5.75 Å². The second-order valence-electron chi connectivity index (χ2n) is 6.26. The van der Waals surface area contributed by atoms with E-state index in [4.69, 9.17) is 16.3 Å². The van der Waals surface area contributed by atoms with Crippen LogP contribution in [0.2, 0.25) is 5.02 Å². The van der Waals surface area contributed by atoms with E-state index in [2.05, 4.69) is 14.9 Å². The Bertz CT molecular complexity index is 944. The minimum absolute atomic E-state index is 0.0203. The highest BCUT2D eigenvalue weighted by atomic mass is 35.5. The molecule has 1 amide bonds. The van der Waals surface area contributed by atoms with Gasteiger partial charge in [-0.2, -0.15) is 11.3 Å². The van der Waals surface area contributed by atoms with Crippen LogP contribution < -0.4 is 14.8 Å². The number of hydrogen-bond donors (Lipinski definition) is 2. The molecule has 3 rings (SSSR count). The number of halogens is 1. The number of anilines is 1. The summed E-state index contributed by atoms with van der Waals surface area (Å²) in [4.78, 5) is 13.5. The van der Waals surface area contributed by atoms with Gasteiger partial charge in [0.2, 0.25) is 10.0 Å². The van der Waals surface area contributed by atoms with Gasteiger partial charge in [-0.1, -0.05) is 25.4 Å². The third kappa shape index (κ3) is 4.49. The van der Waals surface area contributed by atoms with E-state index in [0.717, 1.165) is 18.7 Å². The molecule has 0 spiro atoms. The zero-order valence-corrected chi connectivity index (χ0v) is 18.0. The Balaban J connectivity index is 1.84. The Kier molecular flexibility index (Phi) is 6.61. The van der Waals surface area contributed by atoms with Gasteiger partial charge in [-0.25, -0.2) is 13.1 Å². The van der Waals surface area contributed by atoms with E-state index in [1.165, 1.54) is 12.1 Å². The van der Waals surface area contributed by atoms with E-state index >= 15 is 0 Å². The number of thiophene rings is 1. The van der Waals surface area contributed by atoms with Crippen molar-refractivity contribution in [1.29, 1.82) is 0 Å². The Morgan fingerprint density at radius 2 is 2.11 bits per heavy atom. The maximum Gasteiger partial charge on any atom is 0.262 e. The van der Waals surface area contributed by atoms with Crippen molar-refractivity contribution in [2.75, 3.05) is 31.6 Å². The summed E-state index contributed by atoms with van der Waals surface area (Å²) in [6.07, 6.45) is 0. The summed E-state index contributed by atoms with van der Waals surface area (Å²) >= 11 is 7.77. The molecule has 2 N–H and O–H groups in total. The minimum atomic E-state index is -3.87. The van der Waals surface area contributed by atoms with Crippen molar-refractivity contribution >= 4 is 44.6 Å². The highest BCUT2D eigenvalue weighted by Crippen LogP contribution is 2.35. The summed E-state index contributed by atoms with van der Waals surface area (Å²) in [5.74, 6) is -0.0300. The number of fused-ring (bicyclic) bond motifs is 1. The van der Waals surface area contributed by atoms with Crippen molar-refractivity contribution in [3.63, 3.8) is 0 Å². The van der Waals surface area contributed by atoms with Gasteiger partial charge < -0.3 is 10.1 Å². The largest absolute Gasteiger partial charge is 0.482 e. The normalized spacial score (nSPS) is 15.1. The quantitative estimate of drug-likeness (QED) is 0.654. The molecular formula is C18H22ClN3O4S2. The molecule has 0 aliphatic carbocycles. The molecule has 1 aromatic carbocycles. The summed E-state index contributed by atoms with van der Waals surface area (Å²) in [6, 6.07) is 4.66. The highest BCUT2D eigenvalue weighted by molar-refractivity contribution is 7.89. The number of amides is 1. The summed E-state index contributed by atoms with van der Waals surface area (Å²) in [5.41, 5.74) is 1.43. The molecule has 7 nitrogen and oxygen atoms in total. The molecule has 1 aliphatic heterocycles. The number of hydrogen-bond acceptors (Lipinski definition) is 6. The third-order valence-corrected chi connectivity index (χ3v) is 7.19. The molecule has 0 radical (unpaired) electrons. The Labute approximate surface area is 173 Å². The molecule has 152 valence electrons. The number of sulfonamides is 1. The smallest absolute Gasteiger partial charge is 0.262 e. The van der Waals surface area contributed by atoms with Crippen LogP contribution in [-0.2, 0) is 14.8 Å². The molecule has 10 heteroatoms. The number of carbonyl (C=O) groups is 1. The second kappa shape index (κ2) is 8.79. The van der Waals surface area contributed by atoms with Crippen LogP contribution in [0.4, 0.5) is 5.69 Å². The average molecular weight is 444 g/mol. The second-order valence-corrected chi connectivity index (χ2v) is 9.18. The molecule has 1 unspecified atom stereocenters. The van der Waals surface area contributed by atoms with Gasteiger partial charge in [0.1, 0.15) is 10.6 Å². The molecule has 28 heavy (non-hydrogen) atoms. The lowest BCUT2D eigenvalue weighted by Gasteiger charge is -2.29. The number of nitrogens with zero attached hydrogens (tertiary/aromatic N) is 1. The SMILES string of the molecule is CCN(CC)C(CNS(=O)(=O)c1cc2c(cc1Cl)NC(=O)CO2)c1ccsc1. The van der Waals surface area contributed by atoms with E-state index in [0.29, 0.717) is 5.69 Å². The molecule has 0 fully saturated rings. The van der Waals surface area contributed by atoms with Crippen molar-refractivity contribution in [2.24, 2.45) is 0 Å². The van der Waals surface area contributed by atoms with Crippen LogP contribution in [0.15, 0.2) is 33.9 Å². The Hall–Kier alpha value is -1.65. The van der Waals surface area contributed by atoms with Gasteiger partial charge >= 0.3 is 0 Å². The van der Waals surface area contributed by atoms with Crippen LogP contribution in [-0.4, -0.2) is 45.5 Å². The van der Waals surface area contributed by atoms with Crippen molar-refractivity contribution in [3.05, 3.63) is 39.5 Å². The third-order valence-electron chi connectivity index (χ3n) is 4.60. The lowest BCUT2D eigenvalue weighted by atomic mass is 10.1. The molecule has 0 saturated carbocycles. The van der Waals surface area contributed by atoms with Crippen LogP contribution >= 0.6 is 22.9 Å². The number of rotatable bonds is 8. The molecular weight excluding hydrogens is 422 g/mol. The lowest BCUT2D eigenvalue weighted by molar-refractivity contribution is -0.118. The maximum absolute atomic E-state index is 12.9. The molecule has 1 aromatic heterocycles. The highest BCUT2D eigenvalue weighted by Gasteiger charge is 2.26. The molecule has 2 aromatic rings. The van der Waals surface area contributed by atoms with E-state index in [-0.39, 0.29) is 40.8 Å². The van der Waals surface area contributed by atoms with Crippen LogP contribution in [0.3, 0.4) is 0 Å². The van der Waals surface area contributed by atoms with Crippen molar-refractivity contribution in [3.8, 4) is 5.75 Å². The van der Waals surface area contributed by atoms with E-state index in [1.807, 2.05) is 30.7 Å². The average Bonchev–Trinajstić information content (AvgIpc) is 3.18. The Morgan fingerprint density at radius 1 is 1.36 bits per heavy atom. The number of ether oxygens (including phenoxy) is 1. The first-order valence-corrected chi connectivity index (χ1v) is 11.7. The van der Waals surface area contributed by atoms with Gasteiger partial charge in [0.05, 0.1) is 10.7 Å². The van der Waals surface area contributed by atoms with Gasteiger partial charge in [0.25, 0.3) is 5.91 Å². The van der Waals surface area contributed by atoms with E-state index < -0.39 is 10.0 Å². The Morgan fingerprint density at radius 3 is 2.75 bits per heavy atom. The molecule has 0 bridgehead atoms. The molecule has 0 saturated heterocycles. The zero-order valence-electron chi connectivity index (χ0n) is 15.6. The summed E-state index contributed by atoms with van der Waals surface area (Å²) in [5, 5.41) is 6.64. The zero-order chi connectivity index (χ0) is 20.3. The fourth-order valence-electron chi connectivity index (χ4n) is 3.14. The van der Waals surface area contributed by atoms with E-state index in [1.54, 1.807) is 11.3 Å². The predicted molar refractivity (Wildman–Crippen MR) is 111 cm³/mol. The molecule has 1 aliphatic rings. The van der Waals surface area contributed by atoms with Gasteiger partial charge in [0, 0.05) is 18.7 Å². The number of benzene rings is 1. The van der Waals surface area contributed by atoms with Crippen molar-refractivity contribution in [1.82, 2.24) is 9.62 Å². The minimum Gasteiger partial charge on any atom is -0.482 e. The first kappa shape index (κ1) is 21.1. The van der Waals surface area contributed by atoms with Gasteiger partial charge in [0.15, 0.2) is 6.61 Å².